The molecule has 0 unspecified atom stereocenters. The molecule has 0 aromatic heterocycles. The third-order valence-corrected chi connectivity index (χ3v) is 3.37. The van der Waals surface area contributed by atoms with Gasteiger partial charge in [-0.05, 0) is 49.7 Å². The summed E-state index contributed by atoms with van der Waals surface area (Å²) in [6, 6.07) is 12.6. The Morgan fingerprint density at radius 2 is 1.84 bits per heavy atom. The molecule has 0 bridgehead atoms. The van der Waals surface area contributed by atoms with Gasteiger partial charge in [-0.15, -0.1) is 0 Å². The smallest absolute Gasteiger partial charge is 0.194 e. The van der Waals surface area contributed by atoms with Gasteiger partial charge in [0.2, 0.25) is 0 Å². The molecule has 0 heterocycles. The van der Waals surface area contributed by atoms with Crippen LogP contribution in [0.3, 0.4) is 0 Å². The average molecular weight is 275 g/mol. The first-order chi connectivity index (χ1) is 9.13. The summed E-state index contributed by atoms with van der Waals surface area (Å²) in [7, 11) is 0. The largest absolute Gasteiger partial charge is 0.494 e. The Hall–Kier alpha value is -1.80. The Labute approximate surface area is 118 Å². The molecule has 2 rings (SSSR count). The minimum atomic E-state index is -0.0725. The second kappa shape index (κ2) is 5.89. The number of hydrogen-bond acceptors (Lipinski definition) is 2. The standard InChI is InChI=1S/C16H15ClO2/c1-3-19-13-9-7-12(8-10-13)16(18)14-6-4-5-11(2)15(14)17/h4-10H,3H2,1-2H3. The van der Waals surface area contributed by atoms with Crippen molar-refractivity contribution in [2.75, 3.05) is 6.61 Å². The second-order valence-corrected chi connectivity index (χ2v) is 4.60. The lowest BCUT2D eigenvalue weighted by Gasteiger charge is -2.07. The molecule has 2 nitrogen and oxygen atoms in total. The lowest BCUT2D eigenvalue weighted by atomic mass is 10.0. The maximum absolute atomic E-state index is 12.4. The van der Waals surface area contributed by atoms with Crippen LogP contribution in [0, 0.1) is 6.92 Å². The van der Waals surface area contributed by atoms with Gasteiger partial charge in [0.15, 0.2) is 5.78 Å². The van der Waals surface area contributed by atoms with Crippen LogP contribution in [0.5, 0.6) is 5.75 Å². The summed E-state index contributed by atoms with van der Waals surface area (Å²) < 4.78 is 5.35. The van der Waals surface area contributed by atoms with Crippen LogP contribution in [0.4, 0.5) is 0 Å². The molecule has 0 aliphatic heterocycles. The molecule has 0 N–H and O–H groups in total. The monoisotopic (exact) mass is 274 g/mol. The Kier molecular flexibility index (Phi) is 4.23. The van der Waals surface area contributed by atoms with Crippen molar-refractivity contribution in [2.24, 2.45) is 0 Å². The van der Waals surface area contributed by atoms with E-state index in [2.05, 4.69) is 0 Å². The molecule has 0 amide bonds. The number of hydrogen-bond donors (Lipinski definition) is 0. The first-order valence-corrected chi connectivity index (χ1v) is 6.54. The molecule has 3 heteroatoms. The van der Waals surface area contributed by atoms with Crippen LogP contribution in [-0.4, -0.2) is 12.4 Å². The van der Waals surface area contributed by atoms with Gasteiger partial charge in [0, 0.05) is 11.1 Å². The fourth-order valence-corrected chi connectivity index (χ4v) is 2.06. The lowest BCUT2D eigenvalue weighted by Crippen LogP contribution is -2.03. The predicted molar refractivity (Wildman–Crippen MR) is 77.2 cm³/mol. The fourth-order valence-electron chi connectivity index (χ4n) is 1.85. The Balaban J connectivity index is 2.31. The van der Waals surface area contributed by atoms with Crippen molar-refractivity contribution in [1.29, 1.82) is 0 Å². The summed E-state index contributed by atoms with van der Waals surface area (Å²) in [6.45, 7) is 4.42. The van der Waals surface area contributed by atoms with Crippen molar-refractivity contribution in [3.05, 3.63) is 64.2 Å². The first kappa shape index (κ1) is 13.6. The first-order valence-electron chi connectivity index (χ1n) is 6.16. The Bertz CT molecular complexity index is 588. The maximum atomic E-state index is 12.4. The van der Waals surface area contributed by atoms with Gasteiger partial charge in [-0.1, -0.05) is 23.7 Å². The zero-order valence-electron chi connectivity index (χ0n) is 10.9. The average Bonchev–Trinajstić information content (AvgIpc) is 2.42. The summed E-state index contributed by atoms with van der Waals surface area (Å²) in [5.41, 5.74) is 2.04. The van der Waals surface area contributed by atoms with Gasteiger partial charge in [-0.25, -0.2) is 0 Å². The van der Waals surface area contributed by atoms with E-state index in [1.165, 1.54) is 0 Å². The third-order valence-electron chi connectivity index (χ3n) is 2.86. The molecule has 2 aromatic rings. The topological polar surface area (TPSA) is 26.3 Å². The molecule has 0 aliphatic rings. The zero-order chi connectivity index (χ0) is 13.8. The molecular weight excluding hydrogens is 260 g/mol. The van der Waals surface area contributed by atoms with Gasteiger partial charge in [0.1, 0.15) is 5.75 Å². The molecule has 0 atom stereocenters. The Morgan fingerprint density at radius 3 is 2.47 bits per heavy atom. The van der Waals surface area contributed by atoms with E-state index in [4.69, 9.17) is 16.3 Å². The van der Waals surface area contributed by atoms with E-state index >= 15 is 0 Å². The minimum Gasteiger partial charge on any atom is -0.494 e. The summed E-state index contributed by atoms with van der Waals surface area (Å²) >= 11 is 6.17. The summed E-state index contributed by atoms with van der Waals surface area (Å²) in [6.07, 6.45) is 0. The van der Waals surface area contributed by atoms with E-state index in [-0.39, 0.29) is 5.78 Å². The molecule has 0 spiro atoms. The predicted octanol–water partition coefficient (Wildman–Crippen LogP) is 4.28. The molecule has 0 fully saturated rings. The molecule has 19 heavy (non-hydrogen) atoms. The van der Waals surface area contributed by atoms with Gasteiger partial charge in [0.25, 0.3) is 0 Å². The fraction of sp³-hybridized carbons (Fsp3) is 0.188. The SMILES string of the molecule is CCOc1ccc(C(=O)c2cccc(C)c2Cl)cc1. The van der Waals surface area contributed by atoms with E-state index in [1.54, 1.807) is 30.3 Å². The number of benzene rings is 2. The van der Waals surface area contributed by atoms with E-state index < -0.39 is 0 Å². The molecule has 0 saturated heterocycles. The van der Waals surface area contributed by atoms with Crippen LogP contribution < -0.4 is 4.74 Å². The number of carbonyl (C=O) groups is 1. The van der Waals surface area contributed by atoms with Crippen molar-refractivity contribution in [3.63, 3.8) is 0 Å². The van der Waals surface area contributed by atoms with Crippen molar-refractivity contribution in [3.8, 4) is 5.75 Å². The van der Waals surface area contributed by atoms with Crippen LogP contribution >= 0.6 is 11.6 Å². The van der Waals surface area contributed by atoms with Crippen molar-refractivity contribution >= 4 is 17.4 Å². The summed E-state index contributed by atoms with van der Waals surface area (Å²) in [5, 5.41) is 0.515. The highest BCUT2D eigenvalue weighted by atomic mass is 35.5. The molecule has 0 radical (unpaired) electrons. The van der Waals surface area contributed by atoms with Crippen LogP contribution in [-0.2, 0) is 0 Å². The quantitative estimate of drug-likeness (QED) is 0.778. The van der Waals surface area contributed by atoms with Gasteiger partial charge < -0.3 is 4.74 Å². The van der Waals surface area contributed by atoms with Crippen molar-refractivity contribution in [1.82, 2.24) is 0 Å². The van der Waals surface area contributed by atoms with Crippen molar-refractivity contribution < 1.29 is 9.53 Å². The number of carbonyl (C=O) groups excluding carboxylic acids is 1. The Morgan fingerprint density at radius 1 is 1.16 bits per heavy atom. The van der Waals surface area contributed by atoms with E-state index in [0.717, 1.165) is 11.3 Å². The number of ketones is 1. The number of aryl methyl sites for hydroxylation is 1. The zero-order valence-corrected chi connectivity index (χ0v) is 11.7. The van der Waals surface area contributed by atoms with Gasteiger partial charge >= 0.3 is 0 Å². The summed E-state index contributed by atoms with van der Waals surface area (Å²) in [5.74, 6) is 0.686. The lowest BCUT2D eigenvalue weighted by molar-refractivity contribution is 0.103. The van der Waals surface area contributed by atoms with Crippen LogP contribution in [0.2, 0.25) is 5.02 Å². The normalized spacial score (nSPS) is 10.3. The van der Waals surface area contributed by atoms with E-state index in [1.807, 2.05) is 26.0 Å². The minimum absolute atomic E-state index is 0.0725. The highest BCUT2D eigenvalue weighted by Gasteiger charge is 2.13. The highest BCUT2D eigenvalue weighted by molar-refractivity contribution is 6.35. The van der Waals surface area contributed by atoms with Gasteiger partial charge in [-0.3, -0.25) is 4.79 Å². The molecule has 0 saturated carbocycles. The van der Waals surface area contributed by atoms with E-state index in [9.17, 15) is 4.79 Å². The molecular formula is C16H15ClO2. The number of ether oxygens (including phenoxy) is 1. The second-order valence-electron chi connectivity index (χ2n) is 4.22. The maximum Gasteiger partial charge on any atom is 0.194 e. The van der Waals surface area contributed by atoms with Crippen molar-refractivity contribution in [2.45, 2.75) is 13.8 Å². The van der Waals surface area contributed by atoms with Crippen LogP contribution in [0.15, 0.2) is 42.5 Å². The van der Waals surface area contributed by atoms with E-state index in [0.29, 0.717) is 22.8 Å². The number of rotatable bonds is 4. The summed E-state index contributed by atoms with van der Waals surface area (Å²) in [4.78, 5) is 12.4. The van der Waals surface area contributed by atoms with Gasteiger partial charge in [-0.2, -0.15) is 0 Å². The highest BCUT2D eigenvalue weighted by Crippen LogP contribution is 2.23. The molecule has 98 valence electrons. The number of halogens is 1. The van der Waals surface area contributed by atoms with Crippen LogP contribution in [0.1, 0.15) is 28.4 Å². The third kappa shape index (κ3) is 2.96. The van der Waals surface area contributed by atoms with Gasteiger partial charge in [0.05, 0.1) is 11.6 Å². The van der Waals surface area contributed by atoms with Crippen LogP contribution in [0.25, 0.3) is 0 Å². The molecule has 2 aromatic carbocycles. The molecule has 0 aliphatic carbocycles.